The molecule has 6 heteroatoms. The molecule has 0 bridgehead atoms. The second-order valence-corrected chi connectivity index (χ2v) is 6.90. The Bertz CT molecular complexity index is 967. The Hall–Kier alpha value is -2.04. The lowest BCUT2D eigenvalue weighted by molar-refractivity contribution is 0.103. The summed E-state index contributed by atoms with van der Waals surface area (Å²) in [6.07, 6.45) is 3.87. The molecule has 0 spiro atoms. The van der Waals surface area contributed by atoms with Gasteiger partial charge in [-0.05, 0) is 37.1 Å². The highest BCUT2D eigenvalue weighted by Crippen LogP contribution is 2.45. The van der Waals surface area contributed by atoms with Crippen molar-refractivity contribution in [3.8, 4) is 5.75 Å². The minimum atomic E-state index is -0.211. The first kappa shape index (κ1) is 15.5. The molecule has 0 aliphatic heterocycles. The molecule has 0 saturated heterocycles. The highest BCUT2D eigenvalue weighted by Gasteiger charge is 2.34. The third kappa shape index (κ3) is 2.29. The Labute approximate surface area is 148 Å². The zero-order chi connectivity index (χ0) is 17.0. The summed E-state index contributed by atoms with van der Waals surface area (Å²) < 4.78 is 2.00. The van der Waals surface area contributed by atoms with E-state index in [1.54, 1.807) is 6.20 Å². The zero-order valence-electron chi connectivity index (χ0n) is 12.9. The van der Waals surface area contributed by atoms with Gasteiger partial charge >= 0.3 is 0 Å². The van der Waals surface area contributed by atoms with Crippen molar-refractivity contribution in [2.75, 3.05) is 0 Å². The third-order valence-electron chi connectivity index (χ3n) is 4.46. The molecule has 0 atom stereocenters. The van der Waals surface area contributed by atoms with Gasteiger partial charge in [-0.2, -0.15) is 0 Å². The van der Waals surface area contributed by atoms with Crippen molar-refractivity contribution in [3.05, 3.63) is 57.3 Å². The van der Waals surface area contributed by atoms with Gasteiger partial charge in [0.1, 0.15) is 5.65 Å². The van der Waals surface area contributed by atoms with Crippen LogP contribution in [0.2, 0.25) is 10.0 Å². The first-order valence-corrected chi connectivity index (χ1v) is 8.40. The second-order valence-electron chi connectivity index (χ2n) is 6.09. The van der Waals surface area contributed by atoms with E-state index in [1.807, 2.05) is 23.7 Å². The van der Waals surface area contributed by atoms with E-state index in [0.717, 1.165) is 29.6 Å². The first-order valence-electron chi connectivity index (χ1n) is 7.65. The minimum Gasteiger partial charge on any atom is -0.505 e. The van der Waals surface area contributed by atoms with Gasteiger partial charge in [-0.3, -0.25) is 4.79 Å². The Balaban J connectivity index is 1.96. The number of benzene rings is 1. The number of phenols is 1. The van der Waals surface area contributed by atoms with Crippen LogP contribution in [0.5, 0.6) is 5.75 Å². The third-order valence-corrected chi connectivity index (χ3v) is 5.04. The van der Waals surface area contributed by atoms with Gasteiger partial charge in [0.25, 0.3) is 0 Å². The van der Waals surface area contributed by atoms with E-state index in [1.165, 1.54) is 12.1 Å². The number of nitrogens with zero attached hydrogens (tertiary/aromatic N) is 2. The molecule has 24 heavy (non-hydrogen) atoms. The molecule has 1 fully saturated rings. The van der Waals surface area contributed by atoms with E-state index in [9.17, 15) is 9.90 Å². The van der Waals surface area contributed by atoms with E-state index in [-0.39, 0.29) is 21.6 Å². The molecule has 1 saturated carbocycles. The molecule has 0 radical (unpaired) electrons. The Morgan fingerprint density at radius 3 is 2.58 bits per heavy atom. The average Bonchev–Trinajstić information content (AvgIpc) is 3.36. The largest absolute Gasteiger partial charge is 0.505 e. The number of halogens is 2. The SMILES string of the molecule is Cn1c(C2CC2)c(C(=O)c2cc(Cl)c(O)c(Cl)c2)c2cccnc21. The van der Waals surface area contributed by atoms with E-state index in [2.05, 4.69) is 4.98 Å². The van der Waals surface area contributed by atoms with Gasteiger partial charge in [0.15, 0.2) is 11.5 Å². The summed E-state index contributed by atoms with van der Waals surface area (Å²) in [5, 5.41) is 10.7. The number of hydrogen-bond donors (Lipinski definition) is 1. The Morgan fingerprint density at radius 1 is 1.29 bits per heavy atom. The number of fused-ring (bicyclic) bond motifs is 1. The topological polar surface area (TPSA) is 55.1 Å². The highest BCUT2D eigenvalue weighted by atomic mass is 35.5. The summed E-state index contributed by atoms with van der Waals surface area (Å²) in [5.41, 5.74) is 2.81. The van der Waals surface area contributed by atoms with E-state index in [0.29, 0.717) is 17.0 Å². The standard InChI is InChI=1S/C18H14Cl2N2O2/c1-22-15(9-4-5-9)14(11-3-2-6-21-18(11)22)16(23)10-7-12(19)17(24)13(20)8-10/h2-3,6-9,24H,4-5H2,1H3. The number of aromatic nitrogens is 2. The molecule has 2 heterocycles. The maximum atomic E-state index is 13.2. The molecule has 1 N–H and O–H groups in total. The molecule has 1 aliphatic rings. The molecule has 4 rings (SSSR count). The van der Waals surface area contributed by atoms with Crippen LogP contribution < -0.4 is 0 Å². The number of pyridine rings is 1. The number of ketones is 1. The fourth-order valence-electron chi connectivity index (χ4n) is 3.19. The van der Waals surface area contributed by atoms with Gasteiger partial charge in [-0.15, -0.1) is 0 Å². The van der Waals surface area contributed by atoms with Crippen molar-refractivity contribution >= 4 is 40.0 Å². The molecule has 4 nitrogen and oxygen atoms in total. The number of carbonyl (C=O) groups is 1. The molecule has 2 aromatic heterocycles. The number of aromatic hydroxyl groups is 1. The maximum Gasteiger partial charge on any atom is 0.195 e. The molecule has 1 aromatic carbocycles. The summed E-state index contributed by atoms with van der Waals surface area (Å²) in [7, 11) is 1.94. The van der Waals surface area contributed by atoms with Crippen LogP contribution in [0.4, 0.5) is 0 Å². The minimum absolute atomic E-state index is 0.0668. The fourth-order valence-corrected chi connectivity index (χ4v) is 3.68. The smallest absolute Gasteiger partial charge is 0.195 e. The van der Waals surface area contributed by atoms with Crippen LogP contribution in [0.3, 0.4) is 0 Å². The van der Waals surface area contributed by atoms with E-state index < -0.39 is 0 Å². The van der Waals surface area contributed by atoms with Crippen LogP contribution in [0.1, 0.15) is 40.4 Å². The first-order chi connectivity index (χ1) is 11.5. The summed E-state index contributed by atoms with van der Waals surface area (Å²) in [4.78, 5) is 17.6. The van der Waals surface area contributed by atoms with Crippen molar-refractivity contribution in [1.82, 2.24) is 9.55 Å². The zero-order valence-corrected chi connectivity index (χ0v) is 14.4. The van der Waals surface area contributed by atoms with E-state index in [4.69, 9.17) is 23.2 Å². The molecular weight excluding hydrogens is 347 g/mol. The lowest BCUT2D eigenvalue weighted by Crippen LogP contribution is -2.06. The monoisotopic (exact) mass is 360 g/mol. The van der Waals surface area contributed by atoms with Crippen molar-refractivity contribution in [2.45, 2.75) is 18.8 Å². The lowest BCUT2D eigenvalue weighted by atomic mass is 9.99. The highest BCUT2D eigenvalue weighted by molar-refractivity contribution is 6.38. The quantitative estimate of drug-likeness (QED) is 0.689. The summed E-state index contributed by atoms with van der Waals surface area (Å²) in [6.45, 7) is 0. The lowest BCUT2D eigenvalue weighted by Gasteiger charge is -2.08. The molecule has 0 unspecified atom stereocenters. The summed E-state index contributed by atoms with van der Waals surface area (Å²) in [6, 6.07) is 6.64. The van der Waals surface area contributed by atoms with Gasteiger partial charge in [0.05, 0.1) is 15.6 Å². The fraction of sp³-hybridized carbons (Fsp3) is 0.222. The van der Waals surface area contributed by atoms with Crippen molar-refractivity contribution in [3.63, 3.8) is 0 Å². The van der Waals surface area contributed by atoms with Gasteiger partial charge < -0.3 is 9.67 Å². The second kappa shape index (κ2) is 5.50. The molecule has 3 aromatic rings. The maximum absolute atomic E-state index is 13.2. The predicted molar refractivity (Wildman–Crippen MR) is 94.2 cm³/mol. The Morgan fingerprint density at radius 2 is 1.96 bits per heavy atom. The van der Waals surface area contributed by atoms with Crippen LogP contribution in [0.15, 0.2) is 30.5 Å². The van der Waals surface area contributed by atoms with Crippen LogP contribution in [-0.4, -0.2) is 20.4 Å². The van der Waals surface area contributed by atoms with Crippen LogP contribution in [0, 0.1) is 0 Å². The molecule has 0 amide bonds. The summed E-state index contributed by atoms with van der Waals surface area (Å²) in [5.74, 6) is 0.0161. The van der Waals surface area contributed by atoms with Gasteiger partial charge in [0, 0.05) is 35.8 Å². The average molecular weight is 361 g/mol. The van der Waals surface area contributed by atoms with Crippen molar-refractivity contribution < 1.29 is 9.90 Å². The number of carbonyl (C=O) groups excluding carboxylic acids is 1. The number of hydrogen-bond acceptors (Lipinski definition) is 3. The van der Waals surface area contributed by atoms with Crippen molar-refractivity contribution in [2.24, 2.45) is 7.05 Å². The van der Waals surface area contributed by atoms with Crippen LogP contribution >= 0.6 is 23.2 Å². The Kier molecular flexibility index (Phi) is 3.55. The molecular formula is C18H14Cl2N2O2. The van der Waals surface area contributed by atoms with Crippen molar-refractivity contribution in [1.29, 1.82) is 0 Å². The molecule has 122 valence electrons. The normalized spacial score (nSPS) is 14.3. The number of rotatable bonds is 3. The van der Waals surface area contributed by atoms with Gasteiger partial charge in [-0.25, -0.2) is 4.98 Å². The van der Waals surface area contributed by atoms with Gasteiger partial charge in [0.2, 0.25) is 0 Å². The summed E-state index contributed by atoms with van der Waals surface area (Å²) >= 11 is 12.0. The predicted octanol–water partition coefficient (Wildman–Crippen LogP) is 4.69. The molecule has 1 aliphatic carbocycles. The van der Waals surface area contributed by atoms with Crippen LogP contribution in [-0.2, 0) is 7.05 Å². The van der Waals surface area contributed by atoms with E-state index >= 15 is 0 Å². The van der Waals surface area contributed by atoms with Gasteiger partial charge in [-0.1, -0.05) is 23.2 Å². The number of phenolic OH excluding ortho intramolecular Hbond substituents is 1. The number of aryl methyl sites for hydroxylation is 1. The van der Waals surface area contributed by atoms with Crippen LogP contribution in [0.25, 0.3) is 11.0 Å².